The van der Waals surface area contributed by atoms with E-state index in [9.17, 15) is 0 Å². The van der Waals surface area contributed by atoms with Gasteiger partial charge in [0.1, 0.15) is 0 Å². The Morgan fingerprint density at radius 1 is 0.280 bits per heavy atom. The van der Waals surface area contributed by atoms with Gasteiger partial charge in [0.2, 0.25) is 0 Å². The molecule has 0 saturated carbocycles. The van der Waals surface area contributed by atoms with E-state index in [2.05, 4.69) is 27.7 Å². The summed E-state index contributed by atoms with van der Waals surface area (Å²) < 4.78 is 0. The van der Waals surface area contributed by atoms with Crippen LogP contribution in [0.1, 0.15) is 164 Å². The van der Waals surface area contributed by atoms with Gasteiger partial charge in [-0.15, -0.1) is 0 Å². The zero-order valence-corrected chi connectivity index (χ0v) is 19.4. The molecule has 0 radical (unpaired) electrons. The Kier molecular flexibility index (Phi) is 41.9. The van der Waals surface area contributed by atoms with Gasteiger partial charge in [-0.25, -0.2) is 0 Å². The van der Waals surface area contributed by atoms with Crippen molar-refractivity contribution in [3.05, 3.63) is 0 Å². The Morgan fingerprint density at radius 2 is 0.400 bits per heavy atom. The molecule has 0 rings (SSSR count). The average Bonchev–Trinajstić information content (AvgIpc) is 2.64. The van der Waals surface area contributed by atoms with Crippen LogP contribution >= 0.6 is 0 Å². The lowest BCUT2D eigenvalue weighted by molar-refractivity contribution is 0.526. The highest BCUT2D eigenvalue weighted by Crippen LogP contribution is 2.14. The predicted octanol–water partition coefficient (Wildman–Crippen LogP) is 10.5. The molecule has 0 aromatic rings. The monoisotopic (exact) mass is 356 g/mol. The first-order chi connectivity index (χ1) is 12.3. The van der Waals surface area contributed by atoms with Gasteiger partial charge in [-0.05, 0) is 0 Å². The smallest absolute Gasteiger partial charge is 0.0533 e. The van der Waals surface area contributed by atoms with Crippen LogP contribution in [0.25, 0.3) is 0 Å². The minimum Gasteiger partial charge on any atom is -0.0683 e. The summed E-state index contributed by atoms with van der Waals surface area (Å²) in [6, 6.07) is 0. The van der Waals surface area contributed by atoms with Crippen LogP contribution in [0, 0.1) is 0 Å². The molecule has 0 aliphatic rings. The fraction of sp³-hybridized carbons (Fsp3) is 1.00. The predicted molar refractivity (Wildman–Crippen MR) is 122 cm³/mol. The first-order valence-electron chi connectivity index (χ1n) is 12.3. The molecule has 0 unspecified atom stereocenters. The maximum absolute atomic E-state index is 2.30. The van der Waals surface area contributed by atoms with Crippen LogP contribution < -0.4 is 0 Å². The third-order valence-electron chi connectivity index (χ3n) is 4.46. The largest absolute Gasteiger partial charge is 0.0683 e. The van der Waals surface area contributed by atoms with E-state index in [4.69, 9.17) is 0 Å². The van der Waals surface area contributed by atoms with Gasteiger partial charge < -0.3 is 0 Å². The van der Waals surface area contributed by atoms with Crippen LogP contribution in [0.5, 0.6) is 0 Å². The summed E-state index contributed by atoms with van der Waals surface area (Å²) in [7, 11) is 0. The summed E-state index contributed by atoms with van der Waals surface area (Å²) in [4.78, 5) is 0. The van der Waals surface area contributed by atoms with Crippen molar-refractivity contribution < 1.29 is 0 Å². The minimum absolute atomic E-state index is 1.25. The normalized spacial score (nSPS) is 9.84. The van der Waals surface area contributed by atoms with E-state index in [-0.39, 0.29) is 0 Å². The third kappa shape index (κ3) is 40.2. The Labute approximate surface area is 164 Å². The molecule has 0 saturated heterocycles. The standard InChI is InChI=1S/C20H42.C3H8.C2H6/c1-3-5-7-9-11-13-15-17-19-20-18-16-14-12-10-8-6-4-2;1-3-2;1-2/h3-20H2,1-2H3;3H2,1-2H3;1-2H3. The zero-order chi connectivity index (χ0) is 19.4. The van der Waals surface area contributed by atoms with Gasteiger partial charge in [0.15, 0.2) is 0 Å². The van der Waals surface area contributed by atoms with E-state index < -0.39 is 0 Å². The molecule has 0 amide bonds. The van der Waals surface area contributed by atoms with Crippen molar-refractivity contribution in [3.63, 3.8) is 0 Å². The number of unbranched alkanes of at least 4 members (excludes halogenated alkanes) is 17. The van der Waals surface area contributed by atoms with Crippen molar-refractivity contribution in [2.45, 2.75) is 164 Å². The number of rotatable bonds is 17. The Hall–Kier alpha value is 0. The average molecular weight is 357 g/mol. The van der Waals surface area contributed by atoms with E-state index in [0.29, 0.717) is 0 Å². The summed E-state index contributed by atoms with van der Waals surface area (Å²) in [6.07, 6.45) is 27.7. The van der Waals surface area contributed by atoms with Crippen molar-refractivity contribution in [3.8, 4) is 0 Å². The van der Waals surface area contributed by atoms with Crippen LogP contribution in [0.3, 0.4) is 0 Å². The highest BCUT2D eigenvalue weighted by atomic mass is 14.0. The summed E-state index contributed by atoms with van der Waals surface area (Å²) in [5.41, 5.74) is 0. The molecule has 0 aromatic carbocycles. The molecule has 0 fully saturated rings. The van der Waals surface area contributed by atoms with Crippen LogP contribution in [-0.2, 0) is 0 Å². The fourth-order valence-corrected chi connectivity index (χ4v) is 2.97. The Bertz CT molecular complexity index is 143. The minimum atomic E-state index is 1.25. The van der Waals surface area contributed by atoms with Gasteiger partial charge >= 0.3 is 0 Å². The maximum Gasteiger partial charge on any atom is -0.0533 e. The first kappa shape index (κ1) is 29.8. The van der Waals surface area contributed by atoms with Crippen molar-refractivity contribution in [2.24, 2.45) is 0 Å². The second-order valence-electron chi connectivity index (χ2n) is 7.36. The molecule has 156 valence electrons. The zero-order valence-electron chi connectivity index (χ0n) is 19.4. The van der Waals surface area contributed by atoms with Gasteiger partial charge in [-0.2, -0.15) is 0 Å². The van der Waals surface area contributed by atoms with Crippen LogP contribution in [0.2, 0.25) is 0 Å². The van der Waals surface area contributed by atoms with Crippen LogP contribution in [0.4, 0.5) is 0 Å². The quantitative estimate of drug-likeness (QED) is 0.227. The lowest BCUT2D eigenvalue weighted by Crippen LogP contribution is -1.83. The van der Waals surface area contributed by atoms with Crippen molar-refractivity contribution in [1.29, 1.82) is 0 Å². The molecule has 0 aromatic heterocycles. The lowest BCUT2D eigenvalue weighted by atomic mass is 10.0. The van der Waals surface area contributed by atoms with E-state index in [1.165, 1.54) is 122 Å². The van der Waals surface area contributed by atoms with Crippen molar-refractivity contribution in [1.82, 2.24) is 0 Å². The molecule has 25 heavy (non-hydrogen) atoms. The lowest BCUT2D eigenvalue weighted by Gasteiger charge is -2.03. The van der Waals surface area contributed by atoms with Gasteiger partial charge in [-0.3, -0.25) is 0 Å². The van der Waals surface area contributed by atoms with Gasteiger partial charge in [0.25, 0.3) is 0 Å². The molecule has 0 atom stereocenters. The molecule has 0 aliphatic heterocycles. The molecule has 0 spiro atoms. The molecule has 0 aliphatic carbocycles. The summed E-state index contributed by atoms with van der Waals surface area (Å²) in [5, 5.41) is 0. The van der Waals surface area contributed by atoms with Crippen LogP contribution in [0.15, 0.2) is 0 Å². The third-order valence-corrected chi connectivity index (χ3v) is 4.46. The summed E-state index contributed by atoms with van der Waals surface area (Å²) in [6.45, 7) is 12.8. The number of hydrogen-bond acceptors (Lipinski definition) is 0. The summed E-state index contributed by atoms with van der Waals surface area (Å²) >= 11 is 0. The summed E-state index contributed by atoms with van der Waals surface area (Å²) in [5.74, 6) is 0. The number of hydrogen-bond donors (Lipinski definition) is 0. The Balaban J connectivity index is -0.000000866. The van der Waals surface area contributed by atoms with E-state index in [1.54, 1.807) is 0 Å². The van der Waals surface area contributed by atoms with Crippen molar-refractivity contribution in [2.75, 3.05) is 0 Å². The second-order valence-corrected chi connectivity index (χ2v) is 7.36. The fourth-order valence-electron chi connectivity index (χ4n) is 2.97. The molecule has 0 bridgehead atoms. The highest BCUT2D eigenvalue weighted by Gasteiger charge is 1.94. The molecule has 0 nitrogen and oxygen atoms in total. The molecular weight excluding hydrogens is 300 g/mol. The van der Waals surface area contributed by atoms with Crippen LogP contribution in [-0.4, -0.2) is 0 Å². The van der Waals surface area contributed by atoms with E-state index >= 15 is 0 Å². The van der Waals surface area contributed by atoms with Gasteiger partial charge in [0.05, 0.1) is 0 Å². The molecular formula is C25H56. The molecule has 0 heterocycles. The van der Waals surface area contributed by atoms with E-state index in [1.807, 2.05) is 13.8 Å². The second kappa shape index (κ2) is 35.2. The topological polar surface area (TPSA) is 0 Å². The SMILES string of the molecule is CC.CCC.CCCCCCCCCCCCCCCCCCCC. The first-order valence-corrected chi connectivity index (χ1v) is 12.3. The van der Waals surface area contributed by atoms with Gasteiger partial charge in [-0.1, -0.05) is 164 Å². The molecule has 0 heteroatoms. The maximum atomic E-state index is 2.30. The van der Waals surface area contributed by atoms with Gasteiger partial charge in [0, 0.05) is 0 Å². The Morgan fingerprint density at radius 3 is 0.520 bits per heavy atom. The highest BCUT2D eigenvalue weighted by molar-refractivity contribution is 4.49. The van der Waals surface area contributed by atoms with E-state index in [0.717, 1.165) is 0 Å². The molecule has 0 N–H and O–H groups in total. The van der Waals surface area contributed by atoms with Crippen molar-refractivity contribution >= 4 is 0 Å².